The Morgan fingerprint density at radius 1 is 0.912 bits per heavy atom. The van der Waals surface area contributed by atoms with Crippen LogP contribution in [0.1, 0.15) is 41.5 Å². The maximum atomic E-state index is 12.5. The third-order valence-corrected chi connectivity index (χ3v) is 10.3. The van der Waals surface area contributed by atoms with E-state index in [2.05, 4.69) is 50.4 Å². The van der Waals surface area contributed by atoms with E-state index in [4.69, 9.17) is 13.9 Å². The van der Waals surface area contributed by atoms with Crippen LogP contribution in [0.5, 0.6) is 0 Å². The Hall–Kier alpha value is -2.90. The van der Waals surface area contributed by atoms with Gasteiger partial charge in [0, 0.05) is 6.08 Å². The van der Waals surface area contributed by atoms with E-state index in [0.29, 0.717) is 0 Å². The first-order valence-corrected chi connectivity index (χ1v) is 13.3. The van der Waals surface area contributed by atoms with Crippen molar-refractivity contribution in [1.82, 2.24) is 5.32 Å². The average molecular weight is 484 g/mol. The summed E-state index contributed by atoms with van der Waals surface area (Å²) in [5.74, 6) is -0.513. The maximum absolute atomic E-state index is 12.5. The Labute approximate surface area is 204 Å². The number of hydrogen-bond donors (Lipinski definition) is 1. The molecule has 7 heteroatoms. The second-order valence-corrected chi connectivity index (χ2v) is 14.4. The van der Waals surface area contributed by atoms with Gasteiger partial charge in [-0.2, -0.15) is 0 Å². The molecule has 0 radical (unpaired) electrons. The number of esters is 1. The fraction of sp³-hybridized carbons (Fsp3) is 0.407. The molecule has 0 saturated carbocycles. The van der Waals surface area contributed by atoms with Gasteiger partial charge in [0.05, 0.1) is 19.8 Å². The molecule has 2 rings (SSSR count). The quantitative estimate of drug-likeness (QED) is 0.346. The summed E-state index contributed by atoms with van der Waals surface area (Å²) in [4.78, 5) is 24.3. The van der Waals surface area contributed by atoms with Crippen LogP contribution in [0.25, 0.3) is 0 Å². The molecule has 0 spiro atoms. The molecule has 2 aromatic rings. The number of carbonyl (C=O) groups excluding carboxylic acids is 2. The molecule has 184 valence electrons. The molecule has 0 bridgehead atoms. The molecule has 0 fully saturated rings. The Morgan fingerprint density at radius 3 is 1.82 bits per heavy atom. The topological polar surface area (TPSA) is 73.9 Å². The molecule has 2 aromatic carbocycles. The zero-order valence-corrected chi connectivity index (χ0v) is 22.3. The monoisotopic (exact) mass is 483 g/mol. The summed E-state index contributed by atoms with van der Waals surface area (Å²) in [5, 5.41) is 4.85. The highest BCUT2D eigenvalue weighted by Gasteiger charge is 2.50. The van der Waals surface area contributed by atoms with Gasteiger partial charge in [0.1, 0.15) is 5.60 Å². The van der Waals surface area contributed by atoms with Crippen molar-refractivity contribution in [2.75, 3.05) is 13.7 Å². The van der Waals surface area contributed by atoms with Gasteiger partial charge in [0.15, 0.2) is 0 Å². The fourth-order valence-corrected chi connectivity index (χ4v) is 8.43. The minimum Gasteiger partial charge on any atom is -0.466 e. The molecule has 0 aromatic heterocycles. The number of alkyl carbamates (subject to hydrolysis) is 1. The van der Waals surface area contributed by atoms with Crippen LogP contribution < -0.4 is 15.7 Å². The molecule has 0 aliphatic carbocycles. The van der Waals surface area contributed by atoms with Gasteiger partial charge < -0.3 is 19.2 Å². The molecule has 1 atom stereocenters. The zero-order valence-electron chi connectivity index (χ0n) is 21.3. The van der Waals surface area contributed by atoms with Gasteiger partial charge in [0.2, 0.25) is 0 Å². The van der Waals surface area contributed by atoms with Crippen LogP contribution in [0.2, 0.25) is 5.04 Å². The van der Waals surface area contributed by atoms with Crippen molar-refractivity contribution in [2.24, 2.45) is 0 Å². The van der Waals surface area contributed by atoms with Gasteiger partial charge >= 0.3 is 12.1 Å². The van der Waals surface area contributed by atoms with Crippen molar-refractivity contribution >= 4 is 30.8 Å². The first-order chi connectivity index (χ1) is 15.9. The molecule has 1 N–H and O–H groups in total. The largest absolute Gasteiger partial charge is 0.466 e. The van der Waals surface area contributed by atoms with E-state index in [1.165, 1.54) is 13.2 Å². The first kappa shape index (κ1) is 27.3. The number of benzene rings is 2. The van der Waals surface area contributed by atoms with Gasteiger partial charge in [-0.05, 0) is 36.2 Å². The minimum atomic E-state index is -2.82. The van der Waals surface area contributed by atoms with E-state index in [9.17, 15) is 9.59 Å². The van der Waals surface area contributed by atoms with Crippen molar-refractivity contribution in [2.45, 2.75) is 58.2 Å². The van der Waals surface area contributed by atoms with Crippen molar-refractivity contribution in [3.8, 4) is 0 Å². The summed E-state index contributed by atoms with van der Waals surface area (Å²) in [5.41, 5.74) is -0.653. The van der Waals surface area contributed by atoms with E-state index in [1.807, 2.05) is 36.4 Å². The normalized spacial score (nSPS) is 13.4. The van der Waals surface area contributed by atoms with Crippen LogP contribution in [-0.4, -0.2) is 45.7 Å². The molecule has 1 amide bonds. The van der Waals surface area contributed by atoms with Gasteiger partial charge in [-0.3, -0.25) is 0 Å². The number of ether oxygens (including phenoxy) is 2. The lowest BCUT2D eigenvalue weighted by Crippen LogP contribution is -2.67. The SMILES string of the molecule is COC(=O)/C=C\[C@H](CO[Si](c1ccccc1)(c1ccccc1)C(C)(C)C)NC(=O)OC(C)(C)C. The number of rotatable bonds is 8. The summed E-state index contributed by atoms with van der Waals surface area (Å²) in [6.45, 7) is 12.1. The van der Waals surface area contributed by atoms with Gasteiger partial charge in [-0.1, -0.05) is 87.5 Å². The average Bonchev–Trinajstić information content (AvgIpc) is 2.76. The Bertz CT molecular complexity index is 923. The molecule has 0 aliphatic heterocycles. The number of nitrogens with one attached hydrogen (secondary N) is 1. The fourth-order valence-electron chi connectivity index (χ4n) is 3.84. The second-order valence-electron chi connectivity index (χ2n) is 10.1. The van der Waals surface area contributed by atoms with Gasteiger partial charge in [-0.15, -0.1) is 0 Å². The summed E-state index contributed by atoms with van der Waals surface area (Å²) >= 11 is 0. The molecule has 34 heavy (non-hydrogen) atoms. The minimum absolute atomic E-state index is 0.153. The van der Waals surface area contributed by atoms with Crippen LogP contribution in [0.15, 0.2) is 72.8 Å². The van der Waals surface area contributed by atoms with Crippen molar-refractivity contribution < 1.29 is 23.5 Å². The van der Waals surface area contributed by atoms with E-state index >= 15 is 0 Å². The third-order valence-electron chi connectivity index (χ3n) is 5.26. The third kappa shape index (κ3) is 7.30. The van der Waals surface area contributed by atoms with Crippen molar-refractivity contribution in [1.29, 1.82) is 0 Å². The molecule has 0 saturated heterocycles. The number of hydrogen-bond acceptors (Lipinski definition) is 5. The number of amides is 1. The standard InChI is InChI=1S/C27H37NO5Si/c1-26(2,3)33-25(30)28-21(18-19-24(29)31-7)20-32-34(27(4,5)6,22-14-10-8-11-15-22)23-16-12-9-13-17-23/h8-19,21H,20H2,1-7H3,(H,28,30)/b19-18-/t21-/m1/s1. The van der Waals surface area contributed by atoms with E-state index < -0.39 is 32.0 Å². The lowest BCUT2D eigenvalue weighted by atomic mass is 10.2. The Balaban J connectivity index is 2.47. The summed E-state index contributed by atoms with van der Waals surface area (Å²) in [7, 11) is -1.51. The molecule has 0 aliphatic rings. The van der Waals surface area contributed by atoms with Crippen LogP contribution in [0, 0.1) is 0 Å². The highest BCUT2D eigenvalue weighted by atomic mass is 28.4. The lowest BCUT2D eigenvalue weighted by molar-refractivity contribution is -0.134. The smallest absolute Gasteiger partial charge is 0.408 e. The lowest BCUT2D eigenvalue weighted by Gasteiger charge is -2.43. The first-order valence-electron chi connectivity index (χ1n) is 11.4. The van der Waals surface area contributed by atoms with E-state index in [0.717, 1.165) is 10.4 Å². The Morgan fingerprint density at radius 2 is 1.41 bits per heavy atom. The second kappa shape index (κ2) is 11.5. The van der Waals surface area contributed by atoms with E-state index in [-0.39, 0.29) is 11.6 Å². The predicted octanol–water partition coefficient (Wildman–Crippen LogP) is 4.19. The summed E-state index contributed by atoms with van der Waals surface area (Å²) in [6.07, 6.45) is 2.28. The molecular weight excluding hydrogens is 446 g/mol. The van der Waals surface area contributed by atoms with E-state index in [1.54, 1.807) is 26.8 Å². The number of methoxy groups -OCH3 is 1. The highest BCUT2D eigenvalue weighted by Crippen LogP contribution is 2.36. The Kier molecular flexibility index (Phi) is 9.24. The van der Waals surface area contributed by atoms with Crippen LogP contribution >= 0.6 is 0 Å². The van der Waals surface area contributed by atoms with Crippen LogP contribution in [-0.2, 0) is 18.7 Å². The van der Waals surface area contributed by atoms with Crippen LogP contribution in [0.4, 0.5) is 4.79 Å². The molecule has 6 nitrogen and oxygen atoms in total. The van der Waals surface area contributed by atoms with Crippen molar-refractivity contribution in [3.05, 3.63) is 72.8 Å². The summed E-state index contributed by atoms with van der Waals surface area (Å²) < 4.78 is 17.0. The summed E-state index contributed by atoms with van der Waals surface area (Å²) in [6, 6.07) is 19.9. The highest BCUT2D eigenvalue weighted by molar-refractivity contribution is 6.99. The molecule has 0 heterocycles. The zero-order chi connectivity index (χ0) is 25.4. The van der Waals surface area contributed by atoms with Crippen molar-refractivity contribution in [3.63, 3.8) is 0 Å². The van der Waals surface area contributed by atoms with Gasteiger partial charge in [-0.25, -0.2) is 9.59 Å². The molecule has 0 unspecified atom stereocenters. The maximum Gasteiger partial charge on any atom is 0.408 e. The molecular formula is C27H37NO5Si. The van der Waals surface area contributed by atoms with Gasteiger partial charge in [0.25, 0.3) is 8.32 Å². The van der Waals surface area contributed by atoms with Crippen LogP contribution in [0.3, 0.4) is 0 Å². The predicted molar refractivity (Wildman–Crippen MR) is 138 cm³/mol. The number of carbonyl (C=O) groups is 2.